The van der Waals surface area contributed by atoms with E-state index in [1.54, 1.807) is 18.2 Å². The number of amides is 1. The number of methoxy groups -OCH3 is 1. The lowest BCUT2D eigenvalue weighted by atomic mass is 10.0. The standard InChI is InChI=1S/C14H20N2O3/c1-4-10(8-15)13(17)16-12-7-11(14(18)19-3)6-5-9(12)2/h5-7,10H,4,8,15H2,1-3H3,(H,16,17). The van der Waals surface area contributed by atoms with E-state index in [2.05, 4.69) is 10.1 Å². The maximum atomic E-state index is 12.0. The Labute approximate surface area is 113 Å². The average Bonchev–Trinajstić information content (AvgIpc) is 2.41. The number of benzene rings is 1. The van der Waals surface area contributed by atoms with Gasteiger partial charge in [-0.2, -0.15) is 0 Å². The molecule has 0 aliphatic carbocycles. The first kappa shape index (κ1) is 15.2. The second-order valence-corrected chi connectivity index (χ2v) is 4.35. The fraction of sp³-hybridized carbons (Fsp3) is 0.429. The first-order valence-electron chi connectivity index (χ1n) is 6.23. The van der Waals surface area contributed by atoms with Gasteiger partial charge < -0.3 is 15.8 Å². The summed E-state index contributed by atoms with van der Waals surface area (Å²) in [6, 6.07) is 5.05. The molecule has 0 bridgehead atoms. The number of rotatable bonds is 5. The van der Waals surface area contributed by atoms with Gasteiger partial charge in [0.05, 0.1) is 18.6 Å². The molecule has 0 aromatic heterocycles. The van der Waals surface area contributed by atoms with Gasteiger partial charge in [0.25, 0.3) is 0 Å². The van der Waals surface area contributed by atoms with Crippen LogP contribution >= 0.6 is 0 Å². The number of nitrogens with two attached hydrogens (primary N) is 1. The lowest BCUT2D eigenvalue weighted by Gasteiger charge is -2.14. The van der Waals surface area contributed by atoms with Gasteiger partial charge in [0.1, 0.15) is 0 Å². The smallest absolute Gasteiger partial charge is 0.337 e. The Balaban J connectivity index is 2.94. The predicted octanol–water partition coefficient (Wildman–Crippen LogP) is 1.71. The van der Waals surface area contributed by atoms with Crippen LogP contribution in [-0.2, 0) is 9.53 Å². The molecule has 19 heavy (non-hydrogen) atoms. The Morgan fingerprint density at radius 1 is 1.42 bits per heavy atom. The molecule has 0 heterocycles. The summed E-state index contributed by atoms with van der Waals surface area (Å²) in [5.41, 5.74) is 7.44. The second kappa shape index (κ2) is 6.89. The SMILES string of the molecule is CCC(CN)C(=O)Nc1cc(C(=O)OC)ccc1C. The Morgan fingerprint density at radius 2 is 2.11 bits per heavy atom. The highest BCUT2D eigenvalue weighted by Crippen LogP contribution is 2.18. The van der Waals surface area contributed by atoms with Crippen LogP contribution in [0.3, 0.4) is 0 Å². The molecule has 0 aliphatic rings. The van der Waals surface area contributed by atoms with E-state index in [0.29, 0.717) is 24.2 Å². The number of carbonyl (C=O) groups excluding carboxylic acids is 2. The third kappa shape index (κ3) is 3.79. The maximum absolute atomic E-state index is 12.0. The van der Waals surface area contributed by atoms with Crippen LogP contribution < -0.4 is 11.1 Å². The molecule has 104 valence electrons. The van der Waals surface area contributed by atoms with Gasteiger partial charge in [0.2, 0.25) is 5.91 Å². The molecule has 0 saturated carbocycles. The zero-order valence-electron chi connectivity index (χ0n) is 11.5. The number of anilines is 1. The van der Waals surface area contributed by atoms with Gasteiger partial charge in [-0.05, 0) is 31.0 Å². The molecule has 1 aromatic rings. The predicted molar refractivity (Wildman–Crippen MR) is 74.0 cm³/mol. The van der Waals surface area contributed by atoms with Gasteiger partial charge in [0.15, 0.2) is 0 Å². The van der Waals surface area contributed by atoms with Gasteiger partial charge in [0, 0.05) is 12.2 Å². The highest BCUT2D eigenvalue weighted by Gasteiger charge is 2.16. The fourth-order valence-corrected chi connectivity index (χ4v) is 1.70. The quantitative estimate of drug-likeness (QED) is 0.793. The van der Waals surface area contributed by atoms with E-state index >= 15 is 0 Å². The van der Waals surface area contributed by atoms with Crippen LogP contribution in [0.15, 0.2) is 18.2 Å². The largest absolute Gasteiger partial charge is 0.465 e. The Bertz CT molecular complexity index is 468. The van der Waals surface area contributed by atoms with Crippen molar-refractivity contribution >= 4 is 17.6 Å². The zero-order chi connectivity index (χ0) is 14.4. The number of aryl methyl sites for hydroxylation is 1. The van der Waals surface area contributed by atoms with E-state index in [4.69, 9.17) is 5.73 Å². The third-order valence-corrected chi connectivity index (χ3v) is 3.06. The van der Waals surface area contributed by atoms with Crippen molar-refractivity contribution in [3.05, 3.63) is 29.3 Å². The first-order valence-corrected chi connectivity index (χ1v) is 6.23. The molecular formula is C14H20N2O3. The van der Waals surface area contributed by atoms with E-state index in [-0.39, 0.29) is 11.8 Å². The minimum absolute atomic E-state index is 0.130. The molecule has 0 aliphatic heterocycles. The molecule has 0 fully saturated rings. The van der Waals surface area contributed by atoms with Crippen LogP contribution in [0.25, 0.3) is 0 Å². The van der Waals surface area contributed by atoms with Crippen molar-refractivity contribution in [3.8, 4) is 0 Å². The number of esters is 1. The molecule has 1 rings (SSSR count). The topological polar surface area (TPSA) is 81.4 Å². The average molecular weight is 264 g/mol. The summed E-state index contributed by atoms with van der Waals surface area (Å²) < 4.78 is 4.65. The molecule has 1 unspecified atom stereocenters. The highest BCUT2D eigenvalue weighted by molar-refractivity contribution is 5.96. The summed E-state index contributed by atoms with van der Waals surface area (Å²) in [5.74, 6) is -0.780. The molecular weight excluding hydrogens is 244 g/mol. The van der Waals surface area contributed by atoms with Gasteiger partial charge in [-0.15, -0.1) is 0 Å². The van der Waals surface area contributed by atoms with E-state index in [1.807, 2.05) is 13.8 Å². The number of carbonyl (C=O) groups is 2. The summed E-state index contributed by atoms with van der Waals surface area (Å²) in [5, 5.41) is 2.80. The molecule has 0 radical (unpaired) electrons. The van der Waals surface area contributed by atoms with Crippen molar-refractivity contribution in [2.24, 2.45) is 11.7 Å². The summed E-state index contributed by atoms with van der Waals surface area (Å²) in [6.45, 7) is 4.08. The van der Waals surface area contributed by atoms with E-state index in [9.17, 15) is 9.59 Å². The number of hydrogen-bond donors (Lipinski definition) is 2. The summed E-state index contributed by atoms with van der Waals surface area (Å²) in [7, 11) is 1.32. The van der Waals surface area contributed by atoms with Crippen LogP contribution in [0, 0.1) is 12.8 Å². The molecule has 5 nitrogen and oxygen atoms in total. The van der Waals surface area contributed by atoms with Crippen molar-refractivity contribution in [2.75, 3.05) is 19.0 Å². The van der Waals surface area contributed by atoms with Crippen LogP contribution in [-0.4, -0.2) is 25.5 Å². The van der Waals surface area contributed by atoms with Crippen LogP contribution in [0.5, 0.6) is 0 Å². The molecule has 1 aromatic carbocycles. The van der Waals surface area contributed by atoms with Gasteiger partial charge in [-0.25, -0.2) is 4.79 Å². The summed E-state index contributed by atoms with van der Waals surface area (Å²) in [6.07, 6.45) is 0.679. The van der Waals surface area contributed by atoms with Crippen molar-refractivity contribution in [1.29, 1.82) is 0 Å². The minimum Gasteiger partial charge on any atom is -0.465 e. The van der Waals surface area contributed by atoms with Crippen LogP contribution in [0.2, 0.25) is 0 Å². The van der Waals surface area contributed by atoms with Crippen molar-refractivity contribution < 1.29 is 14.3 Å². The molecule has 3 N–H and O–H groups in total. The van der Waals surface area contributed by atoms with E-state index < -0.39 is 5.97 Å². The lowest BCUT2D eigenvalue weighted by Crippen LogP contribution is -2.29. The minimum atomic E-state index is -0.429. The number of hydrogen-bond acceptors (Lipinski definition) is 4. The van der Waals surface area contributed by atoms with Gasteiger partial charge >= 0.3 is 5.97 Å². The molecule has 1 amide bonds. The number of ether oxygens (including phenoxy) is 1. The summed E-state index contributed by atoms with van der Waals surface area (Å²) in [4.78, 5) is 23.4. The van der Waals surface area contributed by atoms with Crippen molar-refractivity contribution in [3.63, 3.8) is 0 Å². The first-order chi connectivity index (χ1) is 9.03. The lowest BCUT2D eigenvalue weighted by molar-refractivity contribution is -0.119. The van der Waals surface area contributed by atoms with Crippen molar-refractivity contribution in [2.45, 2.75) is 20.3 Å². The molecule has 0 spiro atoms. The third-order valence-electron chi connectivity index (χ3n) is 3.06. The van der Waals surface area contributed by atoms with E-state index in [1.165, 1.54) is 7.11 Å². The van der Waals surface area contributed by atoms with Crippen LogP contribution in [0.4, 0.5) is 5.69 Å². The van der Waals surface area contributed by atoms with Crippen molar-refractivity contribution in [1.82, 2.24) is 0 Å². The Morgan fingerprint density at radius 3 is 2.63 bits per heavy atom. The zero-order valence-corrected chi connectivity index (χ0v) is 11.5. The number of nitrogens with one attached hydrogen (secondary N) is 1. The van der Waals surface area contributed by atoms with E-state index in [0.717, 1.165) is 5.56 Å². The molecule has 5 heteroatoms. The highest BCUT2D eigenvalue weighted by atomic mass is 16.5. The Kier molecular flexibility index (Phi) is 5.51. The monoisotopic (exact) mass is 264 g/mol. The Hall–Kier alpha value is -1.88. The normalized spacial score (nSPS) is 11.8. The molecule has 0 saturated heterocycles. The molecule has 1 atom stereocenters. The maximum Gasteiger partial charge on any atom is 0.337 e. The van der Waals surface area contributed by atoms with Crippen LogP contribution in [0.1, 0.15) is 29.3 Å². The summed E-state index contributed by atoms with van der Waals surface area (Å²) >= 11 is 0. The van der Waals surface area contributed by atoms with Gasteiger partial charge in [-0.3, -0.25) is 4.79 Å². The fourth-order valence-electron chi connectivity index (χ4n) is 1.70. The van der Waals surface area contributed by atoms with Gasteiger partial charge in [-0.1, -0.05) is 13.0 Å². The second-order valence-electron chi connectivity index (χ2n) is 4.35.